The maximum atomic E-state index is 13.9. The Kier molecular flexibility index (Phi) is 4.50. The highest BCUT2D eigenvalue weighted by Crippen LogP contribution is 2.35. The Hall–Kier alpha value is -2.05. The second kappa shape index (κ2) is 6.15. The van der Waals surface area contributed by atoms with Crippen molar-refractivity contribution in [1.29, 1.82) is 0 Å². The molecular formula is C14H14F3NO3. The van der Waals surface area contributed by atoms with Crippen LogP contribution >= 0.6 is 0 Å². The Morgan fingerprint density at radius 2 is 1.86 bits per heavy atom. The number of methoxy groups -OCH3 is 2. The normalized spacial score (nSPS) is 21.7. The molecule has 0 aromatic heterocycles. The van der Waals surface area contributed by atoms with Crippen LogP contribution in [0.4, 0.5) is 13.2 Å². The number of nitrogens with zero attached hydrogens (tertiary/aromatic N) is 1. The number of hydrogen-bond donors (Lipinski definition) is 0. The molecule has 1 aliphatic rings. The molecule has 2 unspecified atom stereocenters. The number of ether oxygens (including phenoxy) is 2. The van der Waals surface area contributed by atoms with Crippen molar-refractivity contribution in [3.63, 3.8) is 0 Å². The fraction of sp³-hybridized carbons (Fsp3) is 0.429. The van der Waals surface area contributed by atoms with E-state index in [-0.39, 0.29) is 18.5 Å². The molecule has 2 atom stereocenters. The maximum absolute atomic E-state index is 13.9. The lowest BCUT2D eigenvalue weighted by atomic mass is 9.81. The summed E-state index contributed by atoms with van der Waals surface area (Å²) in [4.78, 5) is 15.8. The smallest absolute Gasteiger partial charge is 0.311 e. The van der Waals surface area contributed by atoms with Crippen LogP contribution in [0.1, 0.15) is 17.9 Å². The third kappa shape index (κ3) is 3.01. The average molecular weight is 301 g/mol. The summed E-state index contributed by atoms with van der Waals surface area (Å²) in [6, 6.07) is 1.24. The van der Waals surface area contributed by atoms with Gasteiger partial charge in [-0.15, -0.1) is 0 Å². The molecule has 1 aliphatic heterocycles. The number of aliphatic imine (C=N–C) groups is 1. The molecule has 1 aromatic rings. The molecule has 0 radical (unpaired) electrons. The molecule has 114 valence electrons. The SMILES string of the molecule is COC(=O)C1CN=C(OC)CC1c1cc(F)c(F)cc1F. The molecule has 0 amide bonds. The lowest BCUT2D eigenvalue weighted by Crippen LogP contribution is -2.33. The fourth-order valence-corrected chi connectivity index (χ4v) is 2.41. The number of benzene rings is 1. The standard InChI is InChI=1S/C14H14F3NO3/c1-20-13-4-7(9(6-18-13)14(19)21-2)8-3-11(16)12(17)5-10(8)15/h3,5,7,9H,4,6H2,1-2H3. The molecule has 0 saturated carbocycles. The second-order valence-corrected chi connectivity index (χ2v) is 4.67. The summed E-state index contributed by atoms with van der Waals surface area (Å²) in [5.41, 5.74) is -0.0891. The van der Waals surface area contributed by atoms with Gasteiger partial charge in [-0.05, 0) is 11.6 Å². The van der Waals surface area contributed by atoms with E-state index >= 15 is 0 Å². The van der Waals surface area contributed by atoms with Gasteiger partial charge in [-0.25, -0.2) is 13.2 Å². The zero-order chi connectivity index (χ0) is 15.6. The van der Waals surface area contributed by atoms with Gasteiger partial charge in [-0.2, -0.15) is 0 Å². The molecule has 4 nitrogen and oxygen atoms in total. The van der Waals surface area contributed by atoms with Gasteiger partial charge >= 0.3 is 5.97 Å². The lowest BCUT2D eigenvalue weighted by molar-refractivity contribution is -0.146. The van der Waals surface area contributed by atoms with Crippen LogP contribution in [0.5, 0.6) is 0 Å². The summed E-state index contributed by atoms with van der Waals surface area (Å²) in [7, 11) is 2.60. The van der Waals surface area contributed by atoms with E-state index in [2.05, 4.69) is 9.73 Å². The van der Waals surface area contributed by atoms with Crippen molar-refractivity contribution in [2.24, 2.45) is 10.9 Å². The van der Waals surface area contributed by atoms with Gasteiger partial charge < -0.3 is 9.47 Å². The summed E-state index contributed by atoms with van der Waals surface area (Å²) in [6.07, 6.45) is 0.109. The zero-order valence-corrected chi connectivity index (χ0v) is 11.5. The van der Waals surface area contributed by atoms with Crippen LogP contribution < -0.4 is 0 Å². The van der Waals surface area contributed by atoms with E-state index in [0.717, 1.165) is 6.07 Å². The Morgan fingerprint density at radius 3 is 2.48 bits per heavy atom. The number of carbonyl (C=O) groups is 1. The van der Waals surface area contributed by atoms with Crippen LogP contribution in [0.2, 0.25) is 0 Å². The highest BCUT2D eigenvalue weighted by molar-refractivity contribution is 5.82. The van der Waals surface area contributed by atoms with Crippen LogP contribution in [0.3, 0.4) is 0 Å². The van der Waals surface area contributed by atoms with E-state index in [1.54, 1.807) is 0 Å². The third-order valence-electron chi connectivity index (χ3n) is 3.52. The molecular weight excluding hydrogens is 287 g/mol. The number of hydrogen-bond acceptors (Lipinski definition) is 4. The Morgan fingerprint density at radius 1 is 1.19 bits per heavy atom. The van der Waals surface area contributed by atoms with E-state index < -0.39 is 35.3 Å². The topological polar surface area (TPSA) is 47.9 Å². The van der Waals surface area contributed by atoms with Crippen LogP contribution in [0, 0.1) is 23.4 Å². The van der Waals surface area contributed by atoms with Crippen molar-refractivity contribution in [2.75, 3.05) is 20.8 Å². The van der Waals surface area contributed by atoms with Crippen molar-refractivity contribution in [3.05, 3.63) is 35.1 Å². The predicted molar refractivity (Wildman–Crippen MR) is 68.5 cm³/mol. The van der Waals surface area contributed by atoms with Crippen LogP contribution in [0.15, 0.2) is 17.1 Å². The van der Waals surface area contributed by atoms with E-state index in [4.69, 9.17) is 4.74 Å². The first-order valence-corrected chi connectivity index (χ1v) is 6.27. The Labute approximate surface area is 119 Å². The molecule has 2 rings (SSSR count). The van der Waals surface area contributed by atoms with Crippen molar-refractivity contribution >= 4 is 11.9 Å². The highest BCUT2D eigenvalue weighted by atomic mass is 19.2. The predicted octanol–water partition coefficient (Wildman–Crippen LogP) is 2.43. The van der Waals surface area contributed by atoms with Gasteiger partial charge in [-0.3, -0.25) is 9.79 Å². The second-order valence-electron chi connectivity index (χ2n) is 4.67. The van der Waals surface area contributed by atoms with Crippen molar-refractivity contribution in [2.45, 2.75) is 12.3 Å². The summed E-state index contributed by atoms with van der Waals surface area (Å²) >= 11 is 0. The lowest BCUT2D eigenvalue weighted by Gasteiger charge is -2.28. The van der Waals surface area contributed by atoms with Crippen LogP contribution in [-0.2, 0) is 14.3 Å². The molecule has 0 spiro atoms. The molecule has 7 heteroatoms. The van der Waals surface area contributed by atoms with E-state index in [1.165, 1.54) is 14.2 Å². The van der Waals surface area contributed by atoms with E-state index in [1.807, 2.05) is 0 Å². The third-order valence-corrected chi connectivity index (χ3v) is 3.52. The fourth-order valence-electron chi connectivity index (χ4n) is 2.41. The van der Waals surface area contributed by atoms with Gasteiger partial charge in [0.15, 0.2) is 17.5 Å². The summed E-state index contributed by atoms with van der Waals surface area (Å²) in [5.74, 6) is -5.11. The maximum Gasteiger partial charge on any atom is 0.311 e. The van der Waals surface area contributed by atoms with Crippen molar-refractivity contribution in [1.82, 2.24) is 0 Å². The van der Waals surface area contributed by atoms with Gasteiger partial charge in [0.2, 0.25) is 0 Å². The minimum absolute atomic E-state index is 0.0406. The van der Waals surface area contributed by atoms with Gasteiger partial charge in [-0.1, -0.05) is 0 Å². The molecule has 1 aromatic carbocycles. The number of halogens is 3. The minimum Gasteiger partial charge on any atom is -0.484 e. The molecule has 21 heavy (non-hydrogen) atoms. The summed E-state index contributed by atoms with van der Waals surface area (Å²) < 4.78 is 50.0. The minimum atomic E-state index is -1.28. The first kappa shape index (κ1) is 15.3. The molecule has 0 saturated heterocycles. The first-order valence-electron chi connectivity index (χ1n) is 6.27. The monoisotopic (exact) mass is 301 g/mol. The van der Waals surface area contributed by atoms with E-state index in [9.17, 15) is 18.0 Å². The summed E-state index contributed by atoms with van der Waals surface area (Å²) in [5, 5.41) is 0. The molecule has 1 heterocycles. The Balaban J connectivity index is 2.44. The van der Waals surface area contributed by atoms with E-state index in [0.29, 0.717) is 12.0 Å². The summed E-state index contributed by atoms with van der Waals surface area (Å²) in [6.45, 7) is 0.0406. The van der Waals surface area contributed by atoms with Gasteiger partial charge in [0.1, 0.15) is 5.82 Å². The van der Waals surface area contributed by atoms with Gasteiger partial charge in [0.05, 0.1) is 26.7 Å². The average Bonchev–Trinajstić information content (AvgIpc) is 2.49. The first-order chi connectivity index (χ1) is 9.97. The van der Waals surface area contributed by atoms with Crippen LogP contribution in [0.25, 0.3) is 0 Å². The quantitative estimate of drug-likeness (QED) is 0.622. The number of esters is 1. The van der Waals surface area contributed by atoms with Gasteiger partial charge in [0.25, 0.3) is 0 Å². The van der Waals surface area contributed by atoms with Crippen LogP contribution in [-0.4, -0.2) is 32.6 Å². The largest absolute Gasteiger partial charge is 0.484 e. The number of carbonyl (C=O) groups excluding carboxylic acids is 1. The molecule has 0 aliphatic carbocycles. The van der Waals surface area contributed by atoms with Crippen molar-refractivity contribution in [3.8, 4) is 0 Å². The van der Waals surface area contributed by atoms with Crippen molar-refractivity contribution < 1.29 is 27.4 Å². The zero-order valence-electron chi connectivity index (χ0n) is 11.5. The molecule has 0 N–H and O–H groups in total. The van der Waals surface area contributed by atoms with Gasteiger partial charge in [0, 0.05) is 18.4 Å². The molecule has 0 fully saturated rings. The highest BCUT2D eigenvalue weighted by Gasteiger charge is 2.36. The number of rotatable bonds is 2. The Bertz CT molecular complexity index is 589. The molecule has 0 bridgehead atoms.